The van der Waals surface area contributed by atoms with Crippen molar-refractivity contribution >= 4 is 27.3 Å². The molecule has 0 N–H and O–H groups in total. The van der Waals surface area contributed by atoms with Crippen molar-refractivity contribution in [2.75, 3.05) is 5.75 Å². The third-order valence-electron chi connectivity index (χ3n) is 7.56. The van der Waals surface area contributed by atoms with Crippen molar-refractivity contribution in [2.24, 2.45) is 16.7 Å². The lowest BCUT2D eigenvalue weighted by molar-refractivity contribution is -0.128. The van der Waals surface area contributed by atoms with E-state index in [0.717, 1.165) is 29.8 Å². The molecule has 5 nitrogen and oxygen atoms in total. The van der Waals surface area contributed by atoms with Crippen molar-refractivity contribution in [3.8, 4) is 10.6 Å². The van der Waals surface area contributed by atoms with Gasteiger partial charge in [-0.1, -0.05) is 44.2 Å². The maximum atomic E-state index is 13.1. The second-order valence-corrected chi connectivity index (χ2v) is 11.7. The van der Waals surface area contributed by atoms with Gasteiger partial charge in [-0.05, 0) is 30.6 Å². The van der Waals surface area contributed by atoms with Crippen molar-refractivity contribution in [1.82, 2.24) is 9.29 Å². The summed E-state index contributed by atoms with van der Waals surface area (Å²) in [6.45, 7) is 4.39. The molecule has 1 saturated heterocycles. The molecular formula is C21H24N2O3S2. The smallest absolute Gasteiger partial charge is 0.242 e. The van der Waals surface area contributed by atoms with E-state index < -0.39 is 10.0 Å². The van der Waals surface area contributed by atoms with Gasteiger partial charge in [0.15, 0.2) is 0 Å². The molecule has 5 rings (SSSR count). The Labute approximate surface area is 169 Å². The molecule has 1 amide bonds. The van der Waals surface area contributed by atoms with E-state index in [1.165, 1.54) is 15.6 Å². The van der Waals surface area contributed by atoms with Gasteiger partial charge in [0.1, 0.15) is 5.01 Å². The second-order valence-electron chi connectivity index (χ2n) is 9.00. The molecule has 2 aromatic rings. The summed E-state index contributed by atoms with van der Waals surface area (Å²) in [6.07, 6.45) is 2.84. The van der Waals surface area contributed by atoms with E-state index in [1.807, 2.05) is 35.7 Å². The van der Waals surface area contributed by atoms with Gasteiger partial charge >= 0.3 is 0 Å². The molecule has 3 atom stereocenters. The fraction of sp³-hybridized carbons (Fsp3) is 0.524. The number of sulfonamides is 1. The largest absolute Gasteiger partial charge is 0.273 e. The lowest BCUT2D eigenvalue weighted by atomic mass is 9.69. The van der Waals surface area contributed by atoms with Crippen LogP contribution in [0.4, 0.5) is 0 Å². The normalized spacial score (nSPS) is 31.9. The van der Waals surface area contributed by atoms with Crippen molar-refractivity contribution in [3.05, 3.63) is 41.4 Å². The number of carbonyl (C=O) groups excluding carboxylic acids is 1. The Morgan fingerprint density at radius 3 is 2.75 bits per heavy atom. The van der Waals surface area contributed by atoms with Crippen molar-refractivity contribution in [3.63, 3.8) is 0 Å². The first-order valence-corrected chi connectivity index (χ1v) is 12.3. The number of fused-ring (bicyclic) bond motifs is 1. The van der Waals surface area contributed by atoms with Crippen LogP contribution in [0.1, 0.15) is 38.8 Å². The molecule has 28 heavy (non-hydrogen) atoms. The number of aromatic nitrogens is 1. The Bertz CT molecular complexity index is 1040. The summed E-state index contributed by atoms with van der Waals surface area (Å²) in [4.78, 5) is 17.7. The van der Waals surface area contributed by atoms with Crippen LogP contribution in [0.2, 0.25) is 0 Å². The van der Waals surface area contributed by atoms with E-state index in [-0.39, 0.29) is 35.0 Å². The van der Waals surface area contributed by atoms with Crippen LogP contribution in [0.3, 0.4) is 0 Å². The highest BCUT2D eigenvalue weighted by atomic mass is 32.2. The third kappa shape index (κ3) is 2.38. The Hall–Kier alpha value is -1.73. The molecule has 3 fully saturated rings. The summed E-state index contributed by atoms with van der Waals surface area (Å²) in [5.41, 5.74) is 1.35. The monoisotopic (exact) mass is 416 g/mol. The van der Waals surface area contributed by atoms with Crippen molar-refractivity contribution in [1.29, 1.82) is 0 Å². The maximum Gasteiger partial charge on any atom is 0.242 e. The highest BCUT2D eigenvalue weighted by Gasteiger charge is 2.72. The summed E-state index contributed by atoms with van der Waals surface area (Å²) in [7, 11) is -3.57. The van der Waals surface area contributed by atoms with Crippen LogP contribution in [-0.2, 0) is 21.2 Å². The maximum absolute atomic E-state index is 13.1. The number of thiazole rings is 1. The van der Waals surface area contributed by atoms with Gasteiger partial charge in [0.05, 0.1) is 23.9 Å². The molecule has 2 saturated carbocycles. The summed E-state index contributed by atoms with van der Waals surface area (Å²) in [5.74, 6) is 0.300. The van der Waals surface area contributed by atoms with Crippen LogP contribution < -0.4 is 0 Å². The highest BCUT2D eigenvalue weighted by Crippen LogP contribution is 2.69. The van der Waals surface area contributed by atoms with Crippen LogP contribution >= 0.6 is 11.3 Å². The summed E-state index contributed by atoms with van der Waals surface area (Å²) in [6, 6.07) is 9.65. The van der Waals surface area contributed by atoms with Gasteiger partial charge in [0.25, 0.3) is 0 Å². The summed E-state index contributed by atoms with van der Waals surface area (Å²) >= 11 is 1.49. The number of carbonyl (C=O) groups is 1. The fourth-order valence-corrected chi connectivity index (χ4v) is 9.33. The Morgan fingerprint density at radius 1 is 1.29 bits per heavy atom. The van der Waals surface area contributed by atoms with Gasteiger partial charge < -0.3 is 0 Å². The first kappa shape index (κ1) is 18.3. The lowest BCUT2D eigenvalue weighted by Crippen LogP contribution is -2.44. The average Bonchev–Trinajstić information content (AvgIpc) is 3.31. The summed E-state index contributed by atoms with van der Waals surface area (Å²) < 4.78 is 27.2. The van der Waals surface area contributed by atoms with Crippen LogP contribution in [0, 0.1) is 16.7 Å². The van der Waals surface area contributed by atoms with E-state index >= 15 is 0 Å². The SMILES string of the molecule is CC1(C)[C@@H]2CC[C@]13CS(=O)(=O)N(C(=O)Cc1csc(-c4ccccc4)n1)[C@@H]3C2. The molecule has 0 radical (unpaired) electrons. The van der Waals surface area contributed by atoms with Crippen LogP contribution in [-0.4, -0.2) is 35.4 Å². The van der Waals surface area contributed by atoms with Crippen LogP contribution in [0.25, 0.3) is 10.6 Å². The van der Waals surface area contributed by atoms with Gasteiger partial charge in [-0.3, -0.25) is 4.79 Å². The molecular weight excluding hydrogens is 392 g/mol. The predicted octanol–water partition coefficient (Wildman–Crippen LogP) is 3.72. The Morgan fingerprint density at radius 2 is 2.04 bits per heavy atom. The zero-order chi connectivity index (χ0) is 19.7. The minimum atomic E-state index is -3.57. The fourth-order valence-electron chi connectivity index (χ4n) is 5.95. The van der Waals surface area contributed by atoms with E-state index in [0.29, 0.717) is 11.6 Å². The minimum absolute atomic E-state index is 0.0269. The molecule has 1 aromatic carbocycles. The average molecular weight is 417 g/mol. The van der Waals surface area contributed by atoms with Gasteiger partial charge in [0.2, 0.25) is 15.9 Å². The number of amides is 1. The van der Waals surface area contributed by atoms with E-state index in [4.69, 9.17) is 0 Å². The first-order valence-electron chi connectivity index (χ1n) is 9.79. The molecule has 2 heterocycles. The van der Waals surface area contributed by atoms with Gasteiger partial charge in [-0.2, -0.15) is 0 Å². The molecule has 7 heteroatoms. The van der Waals surface area contributed by atoms with Gasteiger partial charge in [-0.15, -0.1) is 11.3 Å². The van der Waals surface area contributed by atoms with Crippen LogP contribution in [0.5, 0.6) is 0 Å². The number of hydrogen-bond donors (Lipinski definition) is 0. The molecule has 2 aliphatic carbocycles. The standard InChI is InChI=1S/C21H24N2O3S2/c1-20(2)15-8-9-21(20)13-28(25,26)23(17(21)10-15)18(24)11-16-12-27-19(22-16)14-6-4-3-5-7-14/h3-7,12,15,17H,8-11,13H2,1-2H3/t15-,17-,21-/m1/s1. The van der Waals surface area contributed by atoms with Gasteiger partial charge in [-0.25, -0.2) is 17.7 Å². The highest BCUT2D eigenvalue weighted by molar-refractivity contribution is 7.90. The van der Waals surface area contributed by atoms with Crippen LogP contribution in [0.15, 0.2) is 35.7 Å². The molecule has 2 bridgehead atoms. The quantitative estimate of drug-likeness (QED) is 0.765. The molecule has 3 aliphatic rings. The Kier molecular flexibility index (Phi) is 3.85. The van der Waals surface area contributed by atoms with E-state index in [9.17, 15) is 13.2 Å². The zero-order valence-electron chi connectivity index (χ0n) is 16.1. The number of nitrogens with zero attached hydrogens (tertiary/aromatic N) is 2. The predicted molar refractivity (Wildman–Crippen MR) is 109 cm³/mol. The third-order valence-corrected chi connectivity index (χ3v) is 10.4. The molecule has 148 valence electrons. The first-order chi connectivity index (χ1) is 13.2. The minimum Gasteiger partial charge on any atom is -0.273 e. The molecule has 1 spiro atoms. The van der Waals surface area contributed by atoms with Gasteiger partial charge in [0, 0.05) is 16.4 Å². The topological polar surface area (TPSA) is 67.3 Å². The number of rotatable bonds is 3. The molecule has 1 aromatic heterocycles. The zero-order valence-corrected chi connectivity index (χ0v) is 17.7. The Balaban J connectivity index is 1.41. The molecule has 0 unspecified atom stereocenters. The second kappa shape index (κ2) is 5.89. The van der Waals surface area contributed by atoms with E-state index in [2.05, 4.69) is 18.8 Å². The van der Waals surface area contributed by atoms with Crippen molar-refractivity contribution < 1.29 is 13.2 Å². The lowest BCUT2D eigenvalue weighted by Gasteiger charge is -2.37. The van der Waals surface area contributed by atoms with Crippen molar-refractivity contribution in [2.45, 2.75) is 45.6 Å². The number of benzene rings is 1. The molecule has 1 aliphatic heterocycles. The summed E-state index contributed by atoms with van der Waals surface area (Å²) in [5, 5.41) is 2.72. The number of hydrogen-bond acceptors (Lipinski definition) is 5. The van der Waals surface area contributed by atoms with E-state index in [1.54, 1.807) is 0 Å².